The third-order valence-corrected chi connectivity index (χ3v) is 3.40. The Morgan fingerprint density at radius 3 is 1.95 bits per heavy atom. The van der Waals surface area contributed by atoms with Gasteiger partial charge in [-0.05, 0) is 38.9 Å². The van der Waals surface area contributed by atoms with Crippen LogP contribution in [0.25, 0.3) is 0 Å². The first-order chi connectivity index (χ1) is 9.03. The molecule has 0 aromatic heterocycles. The van der Waals surface area contributed by atoms with Crippen LogP contribution in [-0.4, -0.2) is 45.9 Å². The summed E-state index contributed by atoms with van der Waals surface area (Å²) in [6.45, 7) is 5.35. The highest BCUT2D eigenvalue weighted by atomic mass is 16.5. The van der Waals surface area contributed by atoms with Crippen LogP contribution in [0.5, 0.6) is 17.2 Å². The van der Waals surface area contributed by atoms with Gasteiger partial charge in [-0.3, -0.25) is 0 Å². The molecule has 0 N–H and O–H groups in total. The molecule has 0 aliphatic rings. The number of hydrogen-bond donors (Lipinski definition) is 0. The minimum Gasteiger partial charge on any atom is -0.496 e. The smallest absolute Gasteiger partial charge is 0.164 e. The fourth-order valence-electron chi connectivity index (χ4n) is 1.84. The molecule has 0 amide bonds. The quantitative estimate of drug-likeness (QED) is 0.760. The molecule has 0 radical (unpaired) electrons. The topological polar surface area (TPSA) is 30.9 Å². The van der Waals surface area contributed by atoms with Gasteiger partial charge in [-0.15, -0.1) is 0 Å². The van der Waals surface area contributed by atoms with Crippen LogP contribution in [0.4, 0.5) is 0 Å². The van der Waals surface area contributed by atoms with E-state index in [-0.39, 0.29) is 0 Å². The lowest BCUT2D eigenvalue weighted by Gasteiger charge is -2.22. The predicted molar refractivity (Wildman–Crippen MR) is 77.6 cm³/mol. The van der Waals surface area contributed by atoms with E-state index in [1.807, 2.05) is 12.1 Å². The number of ether oxygens (including phenoxy) is 3. The number of benzene rings is 1. The normalized spacial score (nSPS) is 10.9. The first kappa shape index (κ1) is 15.6. The van der Waals surface area contributed by atoms with Gasteiger partial charge in [-0.1, -0.05) is 0 Å². The van der Waals surface area contributed by atoms with Gasteiger partial charge in [-0.25, -0.2) is 0 Å². The van der Waals surface area contributed by atoms with E-state index in [9.17, 15) is 0 Å². The van der Waals surface area contributed by atoms with Gasteiger partial charge in [0.1, 0.15) is 5.75 Å². The summed E-state index contributed by atoms with van der Waals surface area (Å²) in [5.74, 6) is 2.28. The number of nitrogens with zero attached hydrogens (tertiary/aromatic N) is 1. The van der Waals surface area contributed by atoms with E-state index in [4.69, 9.17) is 14.2 Å². The number of rotatable bonds is 7. The highest BCUT2D eigenvalue weighted by Crippen LogP contribution is 2.34. The molecule has 0 atom stereocenters. The Labute approximate surface area is 116 Å². The molecular formula is C15H25NO3. The molecule has 0 saturated carbocycles. The molecule has 0 spiro atoms. The molecule has 0 heterocycles. The van der Waals surface area contributed by atoms with Crippen LogP contribution in [0.3, 0.4) is 0 Å². The zero-order valence-corrected chi connectivity index (χ0v) is 12.8. The second-order valence-electron chi connectivity index (χ2n) is 4.84. The van der Waals surface area contributed by atoms with Crippen molar-refractivity contribution in [1.29, 1.82) is 0 Å². The molecule has 108 valence electrons. The van der Waals surface area contributed by atoms with Gasteiger partial charge in [0.25, 0.3) is 0 Å². The number of hydrogen-bond acceptors (Lipinski definition) is 4. The summed E-state index contributed by atoms with van der Waals surface area (Å²) in [6.07, 6.45) is 0.915. The molecule has 0 bridgehead atoms. The van der Waals surface area contributed by atoms with Crippen LogP contribution in [0.15, 0.2) is 12.1 Å². The fourth-order valence-corrected chi connectivity index (χ4v) is 1.84. The Kier molecular flexibility index (Phi) is 5.96. The molecule has 4 nitrogen and oxygen atoms in total. The standard InChI is InChI=1S/C15H25NO3/c1-11(2)16(3)8-7-12-9-14(18-5)15(19-6)10-13(12)17-4/h9-11H,7-8H2,1-6H3. The van der Waals surface area contributed by atoms with Crippen molar-refractivity contribution in [3.8, 4) is 17.2 Å². The molecule has 0 aliphatic heterocycles. The lowest BCUT2D eigenvalue weighted by Crippen LogP contribution is -2.28. The van der Waals surface area contributed by atoms with Crippen LogP contribution >= 0.6 is 0 Å². The summed E-state index contributed by atoms with van der Waals surface area (Å²) >= 11 is 0. The molecule has 0 saturated heterocycles. The summed E-state index contributed by atoms with van der Waals surface area (Å²) in [7, 11) is 7.08. The molecule has 0 fully saturated rings. The van der Waals surface area contributed by atoms with Crippen molar-refractivity contribution in [3.05, 3.63) is 17.7 Å². The lowest BCUT2D eigenvalue weighted by atomic mass is 10.1. The first-order valence-corrected chi connectivity index (χ1v) is 6.52. The van der Waals surface area contributed by atoms with Crippen molar-refractivity contribution in [2.75, 3.05) is 34.9 Å². The Hall–Kier alpha value is -1.42. The van der Waals surface area contributed by atoms with Gasteiger partial charge < -0.3 is 19.1 Å². The number of methoxy groups -OCH3 is 3. The van der Waals surface area contributed by atoms with E-state index in [0.717, 1.165) is 30.0 Å². The molecule has 4 heteroatoms. The predicted octanol–water partition coefficient (Wildman–Crippen LogP) is 2.60. The summed E-state index contributed by atoms with van der Waals surface area (Å²) in [5.41, 5.74) is 1.13. The van der Waals surface area contributed by atoms with Crippen LogP contribution in [-0.2, 0) is 6.42 Å². The third kappa shape index (κ3) is 4.03. The van der Waals surface area contributed by atoms with E-state index in [1.54, 1.807) is 21.3 Å². The van der Waals surface area contributed by atoms with Gasteiger partial charge in [0.05, 0.1) is 21.3 Å². The molecule has 19 heavy (non-hydrogen) atoms. The highest BCUT2D eigenvalue weighted by molar-refractivity contribution is 5.50. The summed E-state index contributed by atoms with van der Waals surface area (Å²) in [6, 6.07) is 4.40. The van der Waals surface area contributed by atoms with Crippen molar-refractivity contribution < 1.29 is 14.2 Å². The summed E-state index contributed by atoms with van der Waals surface area (Å²) in [5, 5.41) is 0. The molecular weight excluding hydrogens is 242 g/mol. The van der Waals surface area contributed by atoms with E-state index in [2.05, 4.69) is 25.8 Å². The zero-order chi connectivity index (χ0) is 14.4. The largest absolute Gasteiger partial charge is 0.496 e. The maximum atomic E-state index is 5.43. The van der Waals surface area contributed by atoms with Crippen molar-refractivity contribution in [1.82, 2.24) is 4.90 Å². The molecule has 0 aliphatic carbocycles. The van der Waals surface area contributed by atoms with Crippen molar-refractivity contribution >= 4 is 0 Å². The average molecular weight is 267 g/mol. The van der Waals surface area contributed by atoms with E-state index in [1.165, 1.54) is 0 Å². The number of likely N-dealkylation sites (N-methyl/N-ethyl adjacent to an activating group) is 1. The Bertz CT molecular complexity index is 405. The molecule has 1 rings (SSSR count). The van der Waals surface area contributed by atoms with Crippen LogP contribution < -0.4 is 14.2 Å². The monoisotopic (exact) mass is 267 g/mol. The van der Waals surface area contributed by atoms with Gasteiger partial charge in [0.15, 0.2) is 11.5 Å². The fraction of sp³-hybridized carbons (Fsp3) is 0.600. The van der Waals surface area contributed by atoms with Crippen LogP contribution in [0.1, 0.15) is 19.4 Å². The second kappa shape index (κ2) is 7.24. The molecule has 1 aromatic rings. The summed E-state index contributed by atoms with van der Waals surface area (Å²) in [4.78, 5) is 2.30. The van der Waals surface area contributed by atoms with Gasteiger partial charge in [0, 0.05) is 18.7 Å². The Balaban J connectivity index is 2.92. The first-order valence-electron chi connectivity index (χ1n) is 6.52. The Morgan fingerprint density at radius 2 is 1.47 bits per heavy atom. The minimum atomic E-state index is 0.533. The van der Waals surface area contributed by atoms with Crippen molar-refractivity contribution in [2.24, 2.45) is 0 Å². The van der Waals surface area contributed by atoms with Gasteiger partial charge in [0.2, 0.25) is 0 Å². The zero-order valence-electron chi connectivity index (χ0n) is 12.8. The summed E-state index contributed by atoms with van der Waals surface area (Å²) < 4.78 is 16.0. The molecule has 1 aromatic carbocycles. The average Bonchev–Trinajstić information content (AvgIpc) is 2.43. The molecule has 0 unspecified atom stereocenters. The van der Waals surface area contributed by atoms with E-state index < -0.39 is 0 Å². The van der Waals surface area contributed by atoms with E-state index >= 15 is 0 Å². The van der Waals surface area contributed by atoms with Crippen molar-refractivity contribution in [3.63, 3.8) is 0 Å². The van der Waals surface area contributed by atoms with Crippen LogP contribution in [0, 0.1) is 0 Å². The minimum absolute atomic E-state index is 0.533. The van der Waals surface area contributed by atoms with E-state index in [0.29, 0.717) is 11.8 Å². The maximum Gasteiger partial charge on any atom is 0.164 e. The van der Waals surface area contributed by atoms with Crippen LogP contribution in [0.2, 0.25) is 0 Å². The van der Waals surface area contributed by atoms with Gasteiger partial charge >= 0.3 is 0 Å². The SMILES string of the molecule is COc1cc(OC)c(OC)cc1CCN(C)C(C)C. The highest BCUT2D eigenvalue weighted by Gasteiger charge is 2.13. The Morgan fingerprint density at radius 1 is 0.947 bits per heavy atom. The van der Waals surface area contributed by atoms with Gasteiger partial charge in [-0.2, -0.15) is 0 Å². The third-order valence-electron chi connectivity index (χ3n) is 3.40. The maximum absolute atomic E-state index is 5.43. The lowest BCUT2D eigenvalue weighted by molar-refractivity contribution is 0.275. The second-order valence-corrected chi connectivity index (χ2v) is 4.84. The van der Waals surface area contributed by atoms with Crippen molar-refractivity contribution in [2.45, 2.75) is 26.3 Å².